The Kier molecular flexibility index (Phi) is 7.32. The first-order chi connectivity index (χ1) is 13.3. The number of fused-ring (bicyclic) bond motifs is 3. The van der Waals surface area contributed by atoms with Crippen LogP contribution in [0.1, 0.15) is 25.6 Å². The zero-order chi connectivity index (χ0) is 19.1. The van der Waals surface area contributed by atoms with Crippen LogP contribution in [0.5, 0.6) is 0 Å². The Morgan fingerprint density at radius 2 is 2.04 bits per heavy atom. The largest absolute Gasteiger partial charge is 0.384 e. The van der Waals surface area contributed by atoms with E-state index in [9.17, 15) is 0 Å². The summed E-state index contributed by atoms with van der Waals surface area (Å²) in [6, 6.07) is 8.31. The lowest BCUT2D eigenvalue weighted by atomic mass is 10.2. The fourth-order valence-corrected chi connectivity index (χ4v) is 3.82. The van der Waals surface area contributed by atoms with Crippen LogP contribution in [-0.2, 0) is 17.7 Å². The van der Waals surface area contributed by atoms with E-state index in [1.54, 1.807) is 19.1 Å². The van der Waals surface area contributed by atoms with Crippen LogP contribution in [0.4, 0.5) is 5.82 Å². The second-order valence-electron chi connectivity index (χ2n) is 6.38. The van der Waals surface area contributed by atoms with Crippen molar-refractivity contribution in [3.05, 3.63) is 30.1 Å². The maximum absolute atomic E-state index is 5.31. The summed E-state index contributed by atoms with van der Waals surface area (Å²) >= 11 is 1.78. The topological polar surface area (TPSA) is 64.0 Å². The highest BCUT2D eigenvalue weighted by molar-refractivity contribution is 7.97. The molecule has 146 valence electrons. The quantitative estimate of drug-likeness (QED) is 0.385. The molecule has 0 saturated carbocycles. The lowest BCUT2D eigenvalue weighted by Crippen LogP contribution is -2.10. The first-order valence-corrected chi connectivity index (χ1v) is 10.6. The molecule has 2 N–H and O–H groups in total. The summed E-state index contributed by atoms with van der Waals surface area (Å²) in [5.74, 6) is 3.00. The van der Waals surface area contributed by atoms with Crippen LogP contribution in [0.25, 0.3) is 21.9 Å². The Bertz CT molecular complexity index is 880. The van der Waals surface area contributed by atoms with E-state index >= 15 is 0 Å². The summed E-state index contributed by atoms with van der Waals surface area (Å²) in [4.78, 5) is 9.69. The number of anilines is 1. The molecule has 0 bridgehead atoms. The van der Waals surface area contributed by atoms with Crippen LogP contribution in [0.3, 0.4) is 0 Å². The van der Waals surface area contributed by atoms with Crippen molar-refractivity contribution in [2.24, 2.45) is 0 Å². The molecule has 3 aromatic rings. The van der Waals surface area contributed by atoms with E-state index in [2.05, 4.69) is 39.7 Å². The second-order valence-corrected chi connectivity index (χ2v) is 7.54. The number of methoxy groups -OCH3 is 1. The summed E-state index contributed by atoms with van der Waals surface area (Å²) in [7, 11) is 3.64. The third-order valence-electron chi connectivity index (χ3n) is 4.59. The fraction of sp³-hybridized carbons (Fsp3) is 0.500. The Balaban J connectivity index is 1.98. The SMILES string of the molecule is CCSNCCCCn1c(CCOC)nc2c(NC)nc3ccccc3c21. The van der Waals surface area contributed by atoms with Crippen molar-refractivity contribution in [2.45, 2.75) is 32.7 Å². The number of para-hydroxylation sites is 1. The molecule has 0 aliphatic carbocycles. The van der Waals surface area contributed by atoms with Gasteiger partial charge >= 0.3 is 0 Å². The zero-order valence-corrected chi connectivity index (χ0v) is 17.2. The van der Waals surface area contributed by atoms with E-state index in [0.29, 0.717) is 6.61 Å². The molecule has 27 heavy (non-hydrogen) atoms. The minimum Gasteiger partial charge on any atom is -0.384 e. The number of rotatable bonds is 11. The molecule has 0 unspecified atom stereocenters. The van der Waals surface area contributed by atoms with E-state index in [4.69, 9.17) is 14.7 Å². The summed E-state index contributed by atoms with van der Waals surface area (Å²) in [5, 5.41) is 4.37. The molecular weight excluding hydrogens is 358 g/mol. The van der Waals surface area contributed by atoms with Gasteiger partial charge in [0.2, 0.25) is 0 Å². The van der Waals surface area contributed by atoms with Crippen LogP contribution in [0, 0.1) is 0 Å². The Hall–Kier alpha value is -1.83. The molecule has 2 aromatic heterocycles. The maximum atomic E-state index is 5.31. The highest BCUT2D eigenvalue weighted by Crippen LogP contribution is 2.30. The van der Waals surface area contributed by atoms with Gasteiger partial charge < -0.3 is 14.6 Å². The first-order valence-electron chi connectivity index (χ1n) is 9.59. The van der Waals surface area contributed by atoms with E-state index in [-0.39, 0.29) is 0 Å². The van der Waals surface area contributed by atoms with Gasteiger partial charge in [-0.3, -0.25) is 4.72 Å². The number of hydrogen-bond donors (Lipinski definition) is 2. The van der Waals surface area contributed by atoms with Crippen LogP contribution in [-0.4, -0.2) is 47.6 Å². The monoisotopic (exact) mass is 387 g/mol. The molecule has 0 aliphatic heterocycles. The average Bonchev–Trinajstić information content (AvgIpc) is 3.07. The maximum Gasteiger partial charge on any atom is 0.154 e. The average molecular weight is 388 g/mol. The molecule has 0 fully saturated rings. The van der Waals surface area contributed by atoms with E-state index < -0.39 is 0 Å². The second kappa shape index (κ2) is 9.92. The number of nitrogens with one attached hydrogen (secondary N) is 2. The van der Waals surface area contributed by atoms with Gasteiger partial charge in [-0.25, -0.2) is 9.97 Å². The number of pyridine rings is 1. The number of aromatic nitrogens is 3. The minimum atomic E-state index is 0.665. The number of unbranched alkanes of at least 4 members (excludes halogenated alkanes) is 1. The van der Waals surface area contributed by atoms with E-state index in [0.717, 1.165) is 66.2 Å². The van der Waals surface area contributed by atoms with Gasteiger partial charge in [-0.05, 0) is 18.9 Å². The number of nitrogens with zero attached hydrogens (tertiary/aromatic N) is 3. The van der Waals surface area contributed by atoms with Gasteiger partial charge in [0.1, 0.15) is 11.3 Å². The molecule has 0 radical (unpaired) electrons. The zero-order valence-electron chi connectivity index (χ0n) is 16.4. The smallest absolute Gasteiger partial charge is 0.154 e. The van der Waals surface area contributed by atoms with Crippen molar-refractivity contribution < 1.29 is 4.74 Å². The molecule has 2 heterocycles. The Morgan fingerprint density at radius 3 is 2.81 bits per heavy atom. The lowest BCUT2D eigenvalue weighted by Gasteiger charge is -2.11. The van der Waals surface area contributed by atoms with Gasteiger partial charge in [0.25, 0.3) is 0 Å². The van der Waals surface area contributed by atoms with Gasteiger partial charge in [0.05, 0.1) is 17.6 Å². The van der Waals surface area contributed by atoms with Gasteiger partial charge in [-0.2, -0.15) is 0 Å². The van der Waals surface area contributed by atoms with Crippen LogP contribution < -0.4 is 10.0 Å². The van der Waals surface area contributed by atoms with Crippen molar-refractivity contribution in [2.75, 3.05) is 38.4 Å². The van der Waals surface area contributed by atoms with E-state index in [1.807, 2.05) is 13.1 Å². The van der Waals surface area contributed by atoms with Gasteiger partial charge in [0, 0.05) is 44.8 Å². The molecule has 3 rings (SSSR count). The van der Waals surface area contributed by atoms with Gasteiger partial charge in [0.15, 0.2) is 5.82 Å². The number of aryl methyl sites for hydroxylation is 1. The third kappa shape index (κ3) is 4.54. The predicted octanol–water partition coefficient (Wildman–Crippen LogP) is 3.85. The van der Waals surface area contributed by atoms with Crippen LogP contribution >= 0.6 is 11.9 Å². The number of benzene rings is 1. The van der Waals surface area contributed by atoms with Crippen LogP contribution in [0.2, 0.25) is 0 Å². The number of ether oxygens (including phenoxy) is 1. The summed E-state index contributed by atoms with van der Waals surface area (Å²) in [5.41, 5.74) is 3.11. The lowest BCUT2D eigenvalue weighted by molar-refractivity contribution is 0.199. The molecule has 0 amide bonds. The predicted molar refractivity (Wildman–Crippen MR) is 116 cm³/mol. The molecule has 1 aromatic carbocycles. The highest BCUT2D eigenvalue weighted by Gasteiger charge is 2.17. The van der Waals surface area contributed by atoms with Gasteiger partial charge in [-0.1, -0.05) is 37.1 Å². The van der Waals surface area contributed by atoms with Crippen molar-refractivity contribution in [3.63, 3.8) is 0 Å². The molecule has 0 atom stereocenters. The van der Waals surface area contributed by atoms with Gasteiger partial charge in [-0.15, -0.1) is 0 Å². The minimum absolute atomic E-state index is 0.665. The molecule has 6 nitrogen and oxygen atoms in total. The number of hydrogen-bond acceptors (Lipinski definition) is 6. The van der Waals surface area contributed by atoms with Crippen molar-refractivity contribution in [1.29, 1.82) is 0 Å². The van der Waals surface area contributed by atoms with Crippen LogP contribution in [0.15, 0.2) is 24.3 Å². The Morgan fingerprint density at radius 1 is 1.19 bits per heavy atom. The van der Waals surface area contributed by atoms with E-state index in [1.165, 1.54) is 5.52 Å². The molecule has 0 spiro atoms. The molecule has 7 heteroatoms. The number of imidazole rings is 1. The Labute approximate surface area is 165 Å². The normalized spacial score (nSPS) is 11.5. The third-order valence-corrected chi connectivity index (χ3v) is 5.28. The molecule has 0 aliphatic rings. The molecular formula is C20H29N5OS. The summed E-state index contributed by atoms with van der Waals surface area (Å²) in [6.45, 7) is 4.81. The fourth-order valence-electron chi connectivity index (χ4n) is 3.32. The van der Waals surface area contributed by atoms with Crippen molar-refractivity contribution in [3.8, 4) is 0 Å². The summed E-state index contributed by atoms with van der Waals surface area (Å²) in [6.07, 6.45) is 3.04. The first kappa shape index (κ1) is 19.9. The highest BCUT2D eigenvalue weighted by atomic mass is 32.2. The van der Waals surface area contributed by atoms with Crippen molar-refractivity contribution >= 4 is 39.7 Å². The standard InChI is InChI=1S/C20H29N5OS/c1-4-27-22-12-7-8-13-25-17(11-14-26-3)24-18-19(25)15-9-5-6-10-16(15)23-20(18)21-2/h5-6,9-10,22H,4,7-8,11-14H2,1-3H3,(H,21,23). The molecule has 0 saturated heterocycles. The summed E-state index contributed by atoms with van der Waals surface area (Å²) < 4.78 is 11.1. The van der Waals surface area contributed by atoms with Crippen molar-refractivity contribution in [1.82, 2.24) is 19.3 Å².